The molecule has 0 radical (unpaired) electrons. The Hall–Kier alpha value is -2.95. The van der Waals surface area contributed by atoms with Gasteiger partial charge in [-0.05, 0) is 35.4 Å². The van der Waals surface area contributed by atoms with Gasteiger partial charge in [-0.2, -0.15) is 13.2 Å². The van der Waals surface area contributed by atoms with E-state index in [2.05, 4.69) is 9.88 Å². The van der Waals surface area contributed by atoms with Crippen molar-refractivity contribution in [3.8, 4) is 11.1 Å². The van der Waals surface area contributed by atoms with Crippen LogP contribution in [-0.4, -0.2) is 76.8 Å². The molecular formula is C25H22ClF3N4O2S. The van der Waals surface area contributed by atoms with Crippen LogP contribution < -0.4 is 0 Å². The van der Waals surface area contributed by atoms with Gasteiger partial charge in [-0.15, -0.1) is 11.3 Å². The van der Waals surface area contributed by atoms with Crippen LogP contribution in [0.25, 0.3) is 11.1 Å². The van der Waals surface area contributed by atoms with Crippen LogP contribution in [-0.2, 0) is 6.18 Å². The van der Waals surface area contributed by atoms with E-state index in [9.17, 15) is 22.8 Å². The zero-order chi connectivity index (χ0) is 25.4. The molecule has 2 aromatic carbocycles. The number of amides is 2. The topological polar surface area (TPSA) is 56.8 Å². The molecule has 0 aliphatic carbocycles. The van der Waals surface area contributed by atoms with Gasteiger partial charge >= 0.3 is 6.18 Å². The predicted octanol–water partition coefficient (Wildman–Crippen LogP) is 4.76. The molecule has 0 spiro atoms. The van der Waals surface area contributed by atoms with Crippen LogP contribution in [0.5, 0.6) is 0 Å². The molecule has 0 bridgehead atoms. The molecule has 0 N–H and O–H groups in total. The third-order valence-corrected chi connectivity index (χ3v) is 7.54. The Kier molecular flexibility index (Phi) is 6.76. The quantitative estimate of drug-likeness (QED) is 0.484. The first-order valence-electron chi connectivity index (χ1n) is 11.4. The van der Waals surface area contributed by atoms with E-state index in [1.807, 2.05) is 0 Å². The number of carbonyl (C=O) groups is 2. The minimum atomic E-state index is -4.44. The number of halogens is 4. The highest BCUT2D eigenvalue weighted by Crippen LogP contribution is 2.34. The van der Waals surface area contributed by atoms with Crippen molar-refractivity contribution in [2.75, 3.05) is 39.3 Å². The van der Waals surface area contributed by atoms with E-state index in [4.69, 9.17) is 11.6 Å². The molecule has 2 aliphatic rings. The Labute approximate surface area is 214 Å². The Bertz CT molecular complexity index is 1270. The van der Waals surface area contributed by atoms with Crippen LogP contribution in [0.3, 0.4) is 0 Å². The minimum Gasteiger partial charge on any atom is -0.335 e. The molecule has 5 rings (SSSR count). The van der Waals surface area contributed by atoms with Gasteiger partial charge in [-0.25, -0.2) is 4.98 Å². The van der Waals surface area contributed by atoms with Crippen LogP contribution in [0.2, 0.25) is 5.02 Å². The number of nitrogens with zero attached hydrogens (tertiary/aromatic N) is 4. The van der Waals surface area contributed by atoms with Crippen LogP contribution in [0.1, 0.15) is 26.4 Å². The van der Waals surface area contributed by atoms with Gasteiger partial charge in [0, 0.05) is 50.7 Å². The normalized spacial score (nSPS) is 17.2. The zero-order valence-electron chi connectivity index (χ0n) is 19.0. The van der Waals surface area contributed by atoms with Gasteiger partial charge in [0.1, 0.15) is 5.69 Å². The SMILES string of the molecule is O=C(c1cscn1)N1CCN(C2CN(C(=O)c3ccc(-c4cccc(C(F)(F)F)c4)cc3Cl)C2)CC1. The molecule has 2 fully saturated rings. The van der Waals surface area contributed by atoms with E-state index >= 15 is 0 Å². The van der Waals surface area contributed by atoms with Crippen LogP contribution >= 0.6 is 22.9 Å². The molecule has 2 saturated heterocycles. The first-order chi connectivity index (χ1) is 17.2. The number of rotatable bonds is 4. The highest BCUT2D eigenvalue weighted by Gasteiger charge is 2.37. The van der Waals surface area contributed by atoms with E-state index < -0.39 is 11.7 Å². The molecule has 11 heteroatoms. The van der Waals surface area contributed by atoms with E-state index in [1.165, 1.54) is 23.5 Å². The number of piperazine rings is 1. The number of aromatic nitrogens is 1. The summed E-state index contributed by atoms with van der Waals surface area (Å²) in [6.07, 6.45) is -4.44. The van der Waals surface area contributed by atoms with Crippen molar-refractivity contribution < 1.29 is 22.8 Å². The molecule has 188 valence electrons. The maximum atomic E-state index is 13.0. The molecule has 0 atom stereocenters. The van der Waals surface area contributed by atoms with E-state index in [0.29, 0.717) is 48.6 Å². The average molecular weight is 535 g/mol. The summed E-state index contributed by atoms with van der Waals surface area (Å²) >= 11 is 7.78. The van der Waals surface area contributed by atoms with E-state index in [0.717, 1.165) is 25.2 Å². The van der Waals surface area contributed by atoms with Gasteiger partial charge < -0.3 is 9.80 Å². The summed E-state index contributed by atoms with van der Waals surface area (Å²) in [4.78, 5) is 35.3. The van der Waals surface area contributed by atoms with E-state index in [-0.39, 0.29) is 22.9 Å². The lowest BCUT2D eigenvalue weighted by Gasteiger charge is -2.48. The van der Waals surface area contributed by atoms with Crippen molar-refractivity contribution in [1.29, 1.82) is 0 Å². The fourth-order valence-electron chi connectivity index (χ4n) is 4.54. The first kappa shape index (κ1) is 24.7. The monoisotopic (exact) mass is 534 g/mol. The maximum Gasteiger partial charge on any atom is 0.416 e. The van der Waals surface area contributed by atoms with Crippen molar-refractivity contribution >= 4 is 34.8 Å². The van der Waals surface area contributed by atoms with Gasteiger partial charge in [0.15, 0.2) is 0 Å². The summed E-state index contributed by atoms with van der Waals surface area (Å²) in [7, 11) is 0. The fraction of sp³-hybridized carbons (Fsp3) is 0.320. The third kappa shape index (κ3) is 4.98. The smallest absolute Gasteiger partial charge is 0.335 e. The molecule has 3 heterocycles. The van der Waals surface area contributed by atoms with Crippen molar-refractivity contribution in [2.45, 2.75) is 12.2 Å². The second kappa shape index (κ2) is 9.84. The number of alkyl halides is 3. The number of thiazole rings is 1. The van der Waals surface area contributed by atoms with Gasteiger partial charge in [0.2, 0.25) is 0 Å². The van der Waals surface area contributed by atoms with Gasteiger partial charge in [0.05, 0.1) is 21.7 Å². The Morgan fingerprint density at radius 1 is 0.944 bits per heavy atom. The Morgan fingerprint density at radius 2 is 1.67 bits per heavy atom. The first-order valence-corrected chi connectivity index (χ1v) is 12.7. The van der Waals surface area contributed by atoms with Crippen molar-refractivity contribution in [1.82, 2.24) is 19.7 Å². The number of benzene rings is 2. The lowest BCUT2D eigenvalue weighted by molar-refractivity contribution is -0.137. The van der Waals surface area contributed by atoms with Crippen molar-refractivity contribution in [2.24, 2.45) is 0 Å². The number of hydrogen-bond acceptors (Lipinski definition) is 5. The average Bonchev–Trinajstić information content (AvgIpc) is 3.37. The summed E-state index contributed by atoms with van der Waals surface area (Å²) in [5, 5.41) is 1.95. The molecule has 0 unspecified atom stereocenters. The summed E-state index contributed by atoms with van der Waals surface area (Å²) in [6.45, 7) is 3.81. The van der Waals surface area contributed by atoms with Crippen LogP contribution in [0, 0.1) is 0 Å². The molecule has 3 aromatic rings. The molecule has 6 nitrogen and oxygen atoms in total. The molecular weight excluding hydrogens is 513 g/mol. The summed E-state index contributed by atoms with van der Waals surface area (Å²) < 4.78 is 39.1. The number of likely N-dealkylation sites (tertiary alicyclic amines) is 1. The maximum absolute atomic E-state index is 13.0. The van der Waals surface area contributed by atoms with Gasteiger partial charge in [0.25, 0.3) is 11.8 Å². The van der Waals surface area contributed by atoms with Gasteiger partial charge in [-0.1, -0.05) is 29.8 Å². The lowest BCUT2D eigenvalue weighted by Crippen LogP contribution is -2.64. The third-order valence-electron chi connectivity index (χ3n) is 6.64. The standard InChI is InChI=1S/C25H22ClF3N4O2S/c26-21-11-17(16-2-1-3-18(10-16)25(27,28)29)4-5-20(21)23(34)33-12-19(13-33)31-6-8-32(9-7-31)24(35)22-14-36-15-30-22/h1-5,10-11,14-15,19H,6-9,12-13H2. The van der Waals surface area contributed by atoms with Crippen molar-refractivity contribution in [3.05, 3.63) is 75.2 Å². The largest absolute Gasteiger partial charge is 0.416 e. The summed E-state index contributed by atoms with van der Waals surface area (Å²) in [6, 6.07) is 9.93. The molecule has 2 amide bonds. The molecule has 36 heavy (non-hydrogen) atoms. The second-order valence-electron chi connectivity index (χ2n) is 8.84. The zero-order valence-corrected chi connectivity index (χ0v) is 20.6. The number of hydrogen-bond donors (Lipinski definition) is 0. The lowest BCUT2D eigenvalue weighted by atomic mass is 9.99. The molecule has 2 aliphatic heterocycles. The predicted molar refractivity (Wildman–Crippen MR) is 131 cm³/mol. The highest BCUT2D eigenvalue weighted by molar-refractivity contribution is 7.07. The Morgan fingerprint density at radius 3 is 2.31 bits per heavy atom. The minimum absolute atomic E-state index is 0.0514. The van der Waals surface area contributed by atoms with E-state index in [1.54, 1.807) is 38.9 Å². The Balaban J connectivity index is 1.17. The molecule has 1 aromatic heterocycles. The number of carbonyl (C=O) groups excluding carboxylic acids is 2. The molecule has 0 saturated carbocycles. The fourth-order valence-corrected chi connectivity index (χ4v) is 5.32. The van der Waals surface area contributed by atoms with Crippen molar-refractivity contribution in [3.63, 3.8) is 0 Å². The summed E-state index contributed by atoms with van der Waals surface area (Å²) in [5.74, 6) is -0.256. The van der Waals surface area contributed by atoms with Crippen LogP contribution in [0.15, 0.2) is 53.4 Å². The second-order valence-corrected chi connectivity index (χ2v) is 9.96. The summed E-state index contributed by atoms with van der Waals surface area (Å²) in [5.41, 5.74) is 2.59. The highest BCUT2D eigenvalue weighted by atomic mass is 35.5. The van der Waals surface area contributed by atoms with Gasteiger partial charge in [-0.3, -0.25) is 14.5 Å². The van der Waals surface area contributed by atoms with Crippen LogP contribution in [0.4, 0.5) is 13.2 Å².